The molecular weight excluding hydrogens is 202 g/mol. The van der Waals surface area contributed by atoms with Gasteiger partial charge in [0.1, 0.15) is 0 Å². The minimum atomic E-state index is 0.220. The molecule has 1 aliphatic rings. The zero-order valence-corrected chi connectivity index (χ0v) is 9.91. The first-order chi connectivity index (χ1) is 7.76. The molecule has 1 aliphatic carbocycles. The van der Waals surface area contributed by atoms with E-state index in [2.05, 4.69) is 17.0 Å². The average Bonchev–Trinajstić information content (AvgIpc) is 3.03. The van der Waals surface area contributed by atoms with E-state index in [0.717, 1.165) is 32.5 Å². The number of rotatable bonds is 8. The summed E-state index contributed by atoms with van der Waals surface area (Å²) in [4.78, 5) is 2.25. The number of methoxy groups -OCH3 is 1. The molecule has 0 saturated heterocycles. The van der Waals surface area contributed by atoms with Crippen molar-refractivity contribution in [2.45, 2.75) is 25.7 Å². The van der Waals surface area contributed by atoms with Gasteiger partial charge in [-0.05, 0) is 18.3 Å². The summed E-state index contributed by atoms with van der Waals surface area (Å²) >= 11 is 0. The Labute approximate surface area is 97.4 Å². The van der Waals surface area contributed by atoms with Gasteiger partial charge >= 0.3 is 0 Å². The van der Waals surface area contributed by atoms with Crippen LogP contribution >= 0.6 is 0 Å². The SMILES string of the molecule is COCCN(CCC#N)CC1(CC#N)CC1. The molecule has 1 fully saturated rings. The normalized spacial score (nSPS) is 16.8. The third-order valence-electron chi connectivity index (χ3n) is 3.12. The molecule has 0 aromatic heterocycles. The van der Waals surface area contributed by atoms with E-state index < -0.39 is 0 Å². The van der Waals surface area contributed by atoms with Gasteiger partial charge in [-0.1, -0.05) is 0 Å². The number of ether oxygens (including phenoxy) is 1. The highest BCUT2D eigenvalue weighted by Gasteiger charge is 2.43. The Hall–Kier alpha value is -1.10. The first-order valence-electron chi connectivity index (χ1n) is 5.71. The van der Waals surface area contributed by atoms with E-state index in [9.17, 15) is 0 Å². The smallest absolute Gasteiger partial charge is 0.0635 e. The lowest BCUT2D eigenvalue weighted by molar-refractivity contribution is 0.134. The lowest BCUT2D eigenvalue weighted by Crippen LogP contribution is -2.34. The second kappa shape index (κ2) is 6.48. The van der Waals surface area contributed by atoms with Crippen molar-refractivity contribution < 1.29 is 4.74 Å². The maximum atomic E-state index is 8.76. The van der Waals surface area contributed by atoms with Gasteiger partial charge in [0.15, 0.2) is 0 Å². The predicted molar refractivity (Wildman–Crippen MR) is 60.4 cm³/mol. The van der Waals surface area contributed by atoms with E-state index in [4.69, 9.17) is 15.3 Å². The fourth-order valence-electron chi connectivity index (χ4n) is 1.91. The molecule has 4 nitrogen and oxygen atoms in total. The number of nitriles is 2. The minimum absolute atomic E-state index is 0.220. The van der Waals surface area contributed by atoms with Crippen LogP contribution < -0.4 is 0 Å². The molecule has 0 atom stereocenters. The van der Waals surface area contributed by atoms with Crippen LogP contribution in [0, 0.1) is 28.1 Å². The zero-order chi connectivity index (χ0) is 11.9. The Morgan fingerprint density at radius 1 is 1.25 bits per heavy atom. The first kappa shape index (κ1) is 13.0. The first-order valence-corrected chi connectivity index (χ1v) is 5.71. The van der Waals surface area contributed by atoms with E-state index in [1.165, 1.54) is 0 Å². The summed E-state index contributed by atoms with van der Waals surface area (Å²) in [5.41, 5.74) is 0.220. The van der Waals surface area contributed by atoms with Crippen LogP contribution in [0.4, 0.5) is 0 Å². The topological polar surface area (TPSA) is 60.0 Å². The Morgan fingerprint density at radius 3 is 2.50 bits per heavy atom. The van der Waals surface area contributed by atoms with Gasteiger partial charge in [-0.2, -0.15) is 10.5 Å². The average molecular weight is 221 g/mol. The summed E-state index contributed by atoms with van der Waals surface area (Å²) in [5, 5.41) is 17.4. The van der Waals surface area contributed by atoms with Crippen molar-refractivity contribution in [1.29, 1.82) is 10.5 Å². The van der Waals surface area contributed by atoms with Gasteiger partial charge in [0.25, 0.3) is 0 Å². The lowest BCUT2D eigenvalue weighted by Gasteiger charge is -2.25. The molecule has 16 heavy (non-hydrogen) atoms. The van der Waals surface area contributed by atoms with E-state index in [1.54, 1.807) is 7.11 Å². The third-order valence-corrected chi connectivity index (χ3v) is 3.12. The molecule has 0 heterocycles. The lowest BCUT2D eigenvalue weighted by atomic mass is 10.0. The standard InChI is InChI=1S/C12H19N3O/c1-16-10-9-15(8-2-6-13)11-12(3-4-12)5-7-14/h2-5,8-11H2,1H3. The zero-order valence-electron chi connectivity index (χ0n) is 9.91. The molecule has 0 aliphatic heterocycles. The molecule has 1 rings (SSSR count). The monoisotopic (exact) mass is 221 g/mol. The number of nitrogens with zero attached hydrogens (tertiary/aromatic N) is 3. The third kappa shape index (κ3) is 4.18. The fourth-order valence-corrected chi connectivity index (χ4v) is 1.91. The summed E-state index contributed by atoms with van der Waals surface area (Å²) in [7, 11) is 1.69. The molecule has 0 N–H and O–H groups in total. The fraction of sp³-hybridized carbons (Fsp3) is 0.833. The molecule has 0 spiro atoms. The summed E-state index contributed by atoms with van der Waals surface area (Å²) in [6, 6.07) is 4.43. The van der Waals surface area contributed by atoms with E-state index >= 15 is 0 Å². The summed E-state index contributed by atoms with van der Waals surface area (Å²) in [5.74, 6) is 0. The molecule has 0 aromatic carbocycles. The van der Waals surface area contributed by atoms with Crippen molar-refractivity contribution in [2.24, 2.45) is 5.41 Å². The minimum Gasteiger partial charge on any atom is -0.383 e. The number of hydrogen-bond acceptors (Lipinski definition) is 4. The molecule has 88 valence electrons. The summed E-state index contributed by atoms with van der Waals surface area (Å²) in [6.45, 7) is 3.26. The van der Waals surface area contributed by atoms with Gasteiger partial charge in [-0.25, -0.2) is 0 Å². The Morgan fingerprint density at radius 2 is 2.00 bits per heavy atom. The largest absolute Gasteiger partial charge is 0.383 e. The van der Waals surface area contributed by atoms with Crippen molar-refractivity contribution in [3.8, 4) is 12.1 Å². The van der Waals surface area contributed by atoms with Crippen LogP contribution in [0.15, 0.2) is 0 Å². The Kier molecular flexibility index (Phi) is 5.25. The highest BCUT2D eigenvalue weighted by Crippen LogP contribution is 2.49. The second-order valence-corrected chi connectivity index (χ2v) is 4.51. The van der Waals surface area contributed by atoms with E-state index in [1.807, 2.05) is 0 Å². The molecule has 0 unspecified atom stereocenters. The maximum Gasteiger partial charge on any atom is 0.0635 e. The molecule has 1 saturated carbocycles. The van der Waals surface area contributed by atoms with Crippen LogP contribution in [0.5, 0.6) is 0 Å². The van der Waals surface area contributed by atoms with Crippen molar-refractivity contribution in [1.82, 2.24) is 4.90 Å². The van der Waals surface area contributed by atoms with Gasteiger partial charge in [0.05, 0.1) is 18.7 Å². The van der Waals surface area contributed by atoms with Crippen LogP contribution in [0.1, 0.15) is 25.7 Å². The van der Waals surface area contributed by atoms with Gasteiger partial charge in [0, 0.05) is 39.6 Å². The van der Waals surface area contributed by atoms with Crippen LogP contribution in [-0.2, 0) is 4.74 Å². The maximum absolute atomic E-state index is 8.76. The van der Waals surface area contributed by atoms with Crippen LogP contribution in [0.25, 0.3) is 0 Å². The van der Waals surface area contributed by atoms with E-state index in [0.29, 0.717) is 19.4 Å². The Balaban J connectivity index is 2.37. The van der Waals surface area contributed by atoms with Crippen molar-refractivity contribution in [3.05, 3.63) is 0 Å². The number of hydrogen-bond donors (Lipinski definition) is 0. The summed E-state index contributed by atoms with van der Waals surface area (Å²) in [6.07, 6.45) is 3.49. The molecule has 0 aromatic rings. The molecule has 4 heteroatoms. The van der Waals surface area contributed by atoms with Gasteiger partial charge < -0.3 is 4.74 Å². The molecule has 0 radical (unpaired) electrons. The van der Waals surface area contributed by atoms with Crippen LogP contribution in [0.2, 0.25) is 0 Å². The Bertz CT molecular complexity index is 286. The van der Waals surface area contributed by atoms with Gasteiger partial charge in [0.2, 0.25) is 0 Å². The quantitative estimate of drug-likeness (QED) is 0.624. The highest BCUT2D eigenvalue weighted by molar-refractivity contribution is 5.01. The molecule has 0 bridgehead atoms. The van der Waals surface area contributed by atoms with Crippen molar-refractivity contribution in [3.63, 3.8) is 0 Å². The van der Waals surface area contributed by atoms with E-state index in [-0.39, 0.29) is 5.41 Å². The second-order valence-electron chi connectivity index (χ2n) is 4.51. The van der Waals surface area contributed by atoms with Crippen LogP contribution in [-0.4, -0.2) is 38.3 Å². The predicted octanol–water partition coefficient (Wildman–Crippen LogP) is 1.54. The molecule has 0 amide bonds. The molecular formula is C12H19N3O. The highest BCUT2D eigenvalue weighted by atomic mass is 16.5. The van der Waals surface area contributed by atoms with Gasteiger partial charge in [-0.3, -0.25) is 4.90 Å². The van der Waals surface area contributed by atoms with Crippen LogP contribution in [0.3, 0.4) is 0 Å². The summed E-state index contributed by atoms with van der Waals surface area (Å²) < 4.78 is 5.06. The van der Waals surface area contributed by atoms with Crippen molar-refractivity contribution in [2.75, 3.05) is 33.4 Å². The van der Waals surface area contributed by atoms with Gasteiger partial charge in [-0.15, -0.1) is 0 Å². The van der Waals surface area contributed by atoms with Crippen molar-refractivity contribution >= 4 is 0 Å².